The second kappa shape index (κ2) is 6.88. The third kappa shape index (κ3) is 3.55. The van der Waals surface area contributed by atoms with Gasteiger partial charge in [-0.25, -0.2) is 0 Å². The summed E-state index contributed by atoms with van der Waals surface area (Å²) in [6, 6.07) is 5.90. The maximum atomic E-state index is 12.5. The molecule has 0 spiro atoms. The maximum Gasteiger partial charge on any atom is 0.229 e. The van der Waals surface area contributed by atoms with Crippen molar-refractivity contribution >= 4 is 24.0 Å². The van der Waals surface area contributed by atoms with Crippen LogP contribution in [0.25, 0.3) is 0 Å². The van der Waals surface area contributed by atoms with Gasteiger partial charge >= 0.3 is 0 Å². The Hall–Kier alpha value is -1.26. The zero-order valence-corrected chi connectivity index (χ0v) is 13.9. The van der Waals surface area contributed by atoms with Gasteiger partial charge in [0.1, 0.15) is 5.75 Å². The van der Waals surface area contributed by atoms with Crippen LogP contribution in [-0.4, -0.2) is 18.1 Å². The van der Waals surface area contributed by atoms with Gasteiger partial charge in [0.15, 0.2) is 0 Å². The van der Waals surface area contributed by atoms with Gasteiger partial charge in [-0.15, -0.1) is 12.4 Å². The molecule has 0 saturated heterocycles. The summed E-state index contributed by atoms with van der Waals surface area (Å²) in [4.78, 5) is 12.5. The van der Waals surface area contributed by atoms with Crippen LogP contribution in [0.15, 0.2) is 18.2 Å². The molecule has 3 rings (SSSR count). The van der Waals surface area contributed by atoms with E-state index in [-0.39, 0.29) is 29.8 Å². The SMILES string of the molecule is CC1(N)CCCCC1C(=O)Nc1ccc2c(c1)CCCO2.Cl. The number of carbonyl (C=O) groups is 1. The van der Waals surface area contributed by atoms with Crippen LogP contribution in [0.2, 0.25) is 0 Å². The molecule has 2 unspecified atom stereocenters. The number of nitrogens with two attached hydrogens (primary N) is 1. The van der Waals surface area contributed by atoms with Gasteiger partial charge in [0.2, 0.25) is 5.91 Å². The lowest BCUT2D eigenvalue weighted by atomic mass is 9.74. The Morgan fingerprint density at radius 2 is 2.18 bits per heavy atom. The molecule has 1 heterocycles. The number of benzene rings is 1. The van der Waals surface area contributed by atoms with E-state index in [1.165, 1.54) is 5.56 Å². The van der Waals surface area contributed by atoms with Gasteiger partial charge in [0.25, 0.3) is 0 Å². The zero-order valence-electron chi connectivity index (χ0n) is 13.1. The van der Waals surface area contributed by atoms with Gasteiger partial charge in [0, 0.05) is 11.2 Å². The van der Waals surface area contributed by atoms with Crippen molar-refractivity contribution in [3.63, 3.8) is 0 Å². The first-order valence-corrected chi connectivity index (χ1v) is 7.92. The van der Waals surface area contributed by atoms with Crippen LogP contribution in [0.3, 0.4) is 0 Å². The molecule has 122 valence electrons. The number of fused-ring (bicyclic) bond motifs is 1. The van der Waals surface area contributed by atoms with E-state index in [0.717, 1.165) is 56.6 Å². The number of hydrogen-bond acceptors (Lipinski definition) is 3. The Morgan fingerprint density at radius 3 is 2.95 bits per heavy atom. The summed E-state index contributed by atoms with van der Waals surface area (Å²) in [7, 11) is 0. The number of amides is 1. The number of anilines is 1. The van der Waals surface area contributed by atoms with Crippen molar-refractivity contribution < 1.29 is 9.53 Å². The highest BCUT2D eigenvalue weighted by atomic mass is 35.5. The summed E-state index contributed by atoms with van der Waals surface area (Å²) in [5.41, 5.74) is 7.95. The van der Waals surface area contributed by atoms with Crippen molar-refractivity contribution in [2.45, 2.75) is 51.0 Å². The van der Waals surface area contributed by atoms with E-state index in [0.29, 0.717) is 0 Å². The lowest BCUT2D eigenvalue weighted by molar-refractivity contribution is -0.122. The smallest absolute Gasteiger partial charge is 0.229 e. The Balaban J connectivity index is 0.00000176. The number of nitrogens with one attached hydrogen (secondary N) is 1. The van der Waals surface area contributed by atoms with E-state index in [2.05, 4.69) is 5.32 Å². The van der Waals surface area contributed by atoms with Gasteiger partial charge < -0.3 is 15.8 Å². The van der Waals surface area contributed by atoms with Gasteiger partial charge in [-0.3, -0.25) is 4.79 Å². The number of hydrogen-bond donors (Lipinski definition) is 2. The average Bonchev–Trinajstić information content (AvgIpc) is 2.46. The van der Waals surface area contributed by atoms with Crippen molar-refractivity contribution in [1.29, 1.82) is 0 Å². The lowest BCUT2D eigenvalue weighted by Crippen LogP contribution is -2.51. The molecule has 0 bridgehead atoms. The summed E-state index contributed by atoms with van der Waals surface area (Å²) in [5, 5.41) is 3.04. The number of carbonyl (C=O) groups excluding carboxylic acids is 1. The minimum Gasteiger partial charge on any atom is -0.493 e. The summed E-state index contributed by atoms with van der Waals surface area (Å²) < 4.78 is 5.60. The van der Waals surface area contributed by atoms with Gasteiger partial charge in [0.05, 0.1) is 12.5 Å². The predicted octanol–water partition coefficient (Wildman–Crippen LogP) is 3.28. The number of rotatable bonds is 2. The van der Waals surface area contributed by atoms with Crippen molar-refractivity contribution in [3.8, 4) is 5.75 Å². The third-order valence-corrected chi connectivity index (χ3v) is 4.75. The molecule has 1 aliphatic carbocycles. The topological polar surface area (TPSA) is 64.4 Å². The minimum atomic E-state index is -0.389. The van der Waals surface area contributed by atoms with Crippen LogP contribution >= 0.6 is 12.4 Å². The molecule has 22 heavy (non-hydrogen) atoms. The molecule has 1 fully saturated rings. The third-order valence-electron chi connectivity index (χ3n) is 4.75. The fraction of sp³-hybridized carbons (Fsp3) is 0.588. The molecule has 3 N–H and O–H groups in total. The molecule has 1 aromatic rings. The highest BCUT2D eigenvalue weighted by molar-refractivity contribution is 5.93. The first-order chi connectivity index (χ1) is 10.1. The molecule has 4 nitrogen and oxygen atoms in total. The molecule has 1 amide bonds. The molecule has 2 aliphatic rings. The molecule has 0 radical (unpaired) electrons. The molecular weight excluding hydrogens is 300 g/mol. The molecule has 1 aliphatic heterocycles. The van der Waals surface area contributed by atoms with Gasteiger partial charge in [-0.2, -0.15) is 0 Å². The monoisotopic (exact) mass is 324 g/mol. The summed E-state index contributed by atoms with van der Waals surface area (Å²) in [5.74, 6) is 0.899. The minimum absolute atomic E-state index is 0. The van der Waals surface area contributed by atoms with E-state index in [4.69, 9.17) is 10.5 Å². The second-order valence-corrected chi connectivity index (χ2v) is 6.57. The standard InChI is InChI=1S/C17H24N2O2.ClH/c1-17(18)9-3-2-6-14(17)16(20)19-13-7-8-15-12(11-13)5-4-10-21-15;/h7-8,11,14H,2-6,9-10,18H2,1H3,(H,19,20);1H. The molecule has 5 heteroatoms. The Morgan fingerprint density at radius 1 is 1.36 bits per heavy atom. The average molecular weight is 325 g/mol. The van der Waals surface area contributed by atoms with Crippen LogP contribution in [0, 0.1) is 5.92 Å². The largest absolute Gasteiger partial charge is 0.493 e. The van der Waals surface area contributed by atoms with Crippen LogP contribution in [-0.2, 0) is 11.2 Å². The van der Waals surface area contributed by atoms with E-state index < -0.39 is 0 Å². The second-order valence-electron chi connectivity index (χ2n) is 6.57. The van der Waals surface area contributed by atoms with E-state index in [1.54, 1.807) is 0 Å². The first-order valence-electron chi connectivity index (χ1n) is 7.92. The van der Waals surface area contributed by atoms with E-state index in [1.807, 2.05) is 25.1 Å². The molecule has 0 aromatic heterocycles. The lowest BCUT2D eigenvalue weighted by Gasteiger charge is -2.37. The van der Waals surface area contributed by atoms with Crippen molar-refractivity contribution in [2.24, 2.45) is 11.7 Å². The van der Waals surface area contributed by atoms with Crippen molar-refractivity contribution in [2.75, 3.05) is 11.9 Å². The highest BCUT2D eigenvalue weighted by Crippen LogP contribution is 2.33. The molecule has 1 aromatic carbocycles. The van der Waals surface area contributed by atoms with Gasteiger partial charge in [-0.1, -0.05) is 12.8 Å². The van der Waals surface area contributed by atoms with Crippen LogP contribution in [0.4, 0.5) is 5.69 Å². The molecular formula is C17H25ClN2O2. The predicted molar refractivity (Wildman–Crippen MR) is 90.7 cm³/mol. The zero-order chi connectivity index (χ0) is 14.9. The maximum absolute atomic E-state index is 12.5. The Bertz CT molecular complexity index is 545. The fourth-order valence-electron chi connectivity index (χ4n) is 3.46. The van der Waals surface area contributed by atoms with Gasteiger partial charge in [-0.05, 0) is 56.4 Å². The van der Waals surface area contributed by atoms with Crippen molar-refractivity contribution in [3.05, 3.63) is 23.8 Å². The number of ether oxygens (including phenoxy) is 1. The summed E-state index contributed by atoms with van der Waals surface area (Å²) >= 11 is 0. The van der Waals surface area contributed by atoms with Crippen LogP contribution < -0.4 is 15.8 Å². The highest BCUT2D eigenvalue weighted by Gasteiger charge is 2.37. The first kappa shape index (κ1) is 17.1. The molecule has 2 atom stereocenters. The van der Waals surface area contributed by atoms with E-state index in [9.17, 15) is 4.79 Å². The van der Waals surface area contributed by atoms with Crippen LogP contribution in [0.1, 0.15) is 44.6 Å². The van der Waals surface area contributed by atoms with E-state index >= 15 is 0 Å². The van der Waals surface area contributed by atoms with Crippen molar-refractivity contribution in [1.82, 2.24) is 0 Å². The number of halogens is 1. The fourth-order valence-corrected chi connectivity index (χ4v) is 3.46. The Kier molecular flexibility index (Phi) is 5.35. The Labute approximate surface area is 138 Å². The summed E-state index contributed by atoms with van der Waals surface area (Å²) in [6.45, 7) is 2.78. The quantitative estimate of drug-likeness (QED) is 0.877. The summed E-state index contributed by atoms with van der Waals surface area (Å²) in [6.07, 6.45) is 6.05. The molecule has 1 saturated carbocycles. The normalized spacial score (nSPS) is 27.1. The van der Waals surface area contributed by atoms with Crippen LogP contribution in [0.5, 0.6) is 5.75 Å². The number of aryl methyl sites for hydroxylation is 1.